The summed E-state index contributed by atoms with van der Waals surface area (Å²) in [6.45, 7) is 11.5. The van der Waals surface area contributed by atoms with Gasteiger partial charge in [0.25, 0.3) is 0 Å². The molecular formula is C23H33N3O5. The second-order valence-corrected chi connectivity index (χ2v) is 9.19. The van der Waals surface area contributed by atoms with E-state index in [9.17, 15) is 14.4 Å². The number of urea groups is 1. The average Bonchev–Trinajstić information content (AvgIpc) is 3.03. The highest BCUT2D eigenvalue weighted by atomic mass is 16.6. The van der Waals surface area contributed by atoms with Gasteiger partial charge in [-0.1, -0.05) is 19.1 Å². The number of ether oxygens (including phenoxy) is 2. The number of esters is 1. The van der Waals surface area contributed by atoms with E-state index in [4.69, 9.17) is 9.47 Å². The maximum absolute atomic E-state index is 12.9. The highest BCUT2D eigenvalue weighted by Crippen LogP contribution is 2.27. The molecule has 0 N–H and O–H groups in total. The fourth-order valence-corrected chi connectivity index (χ4v) is 3.95. The summed E-state index contributed by atoms with van der Waals surface area (Å²) in [7, 11) is 0. The first-order valence-corrected chi connectivity index (χ1v) is 10.9. The molecule has 0 aliphatic carbocycles. The molecule has 8 nitrogen and oxygen atoms in total. The van der Waals surface area contributed by atoms with Crippen LogP contribution in [0.3, 0.4) is 0 Å². The van der Waals surface area contributed by atoms with Gasteiger partial charge in [0.15, 0.2) is 0 Å². The molecule has 8 heteroatoms. The average molecular weight is 432 g/mol. The van der Waals surface area contributed by atoms with Gasteiger partial charge < -0.3 is 19.3 Å². The second kappa shape index (κ2) is 9.16. The van der Waals surface area contributed by atoms with Crippen LogP contribution >= 0.6 is 0 Å². The van der Waals surface area contributed by atoms with Crippen LogP contribution in [0.4, 0.5) is 15.3 Å². The molecule has 0 aromatic heterocycles. The standard InChI is InChI=1S/C23H33N3O5/c1-6-30-20(27)16(2)13-17-7-9-18(10-8-17)26-15-19-14-24(11-12-25(19)21(26)28)22(29)31-23(3,4)5/h7-10,16,19H,6,11-15H2,1-5H3. The predicted octanol–water partition coefficient (Wildman–Crippen LogP) is 3.29. The first-order chi connectivity index (χ1) is 14.6. The Bertz CT molecular complexity index is 817. The summed E-state index contributed by atoms with van der Waals surface area (Å²) >= 11 is 0. The van der Waals surface area contributed by atoms with E-state index < -0.39 is 5.60 Å². The minimum atomic E-state index is -0.543. The first kappa shape index (κ1) is 22.9. The number of rotatable bonds is 5. The number of carbonyl (C=O) groups is 3. The molecular weight excluding hydrogens is 398 g/mol. The summed E-state index contributed by atoms with van der Waals surface area (Å²) in [5.74, 6) is -0.417. The van der Waals surface area contributed by atoms with Crippen LogP contribution in [0.25, 0.3) is 0 Å². The summed E-state index contributed by atoms with van der Waals surface area (Å²) in [4.78, 5) is 42.4. The third-order valence-corrected chi connectivity index (χ3v) is 5.48. The number of benzene rings is 1. The van der Waals surface area contributed by atoms with Gasteiger partial charge in [-0.25, -0.2) is 9.59 Å². The molecule has 2 aliphatic heterocycles. The van der Waals surface area contributed by atoms with Crippen molar-refractivity contribution in [1.29, 1.82) is 0 Å². The zero-order valence-corrected chi connectivity index (χ0v) is 19.1. The number of anilines is 1. The van der Waals surface area contributed by atoms with Gasteiger partial charge in [-0.05, 0) is 51.8 Å². The van der Waals surface area contributed by atoms with Crippen molar-refractivity contribution in [3.05, 3.63) is 29.8 Å². The Morgan fingerprint density at radius 3 is 2.42 bits per heavy atom. The topological polar surface area (TPSA) is 79.4 Å². The Hall–Kier alpha value is -2.77. The molecule has 2 saturated heterocycles. The van der Waals surface area contributed by atoms with Crippen LogP contribution in [0.5, 0.6) is 0 Å². The molecule has 31 heavy (non-hydrogen) atoms. The molecule has 2 fully saturated rings. The molecule has 2 unspecified atom stereocenters. The van der Waals surface area contributed by atoms with Gasteiger partial charge >= 0.3 is 18.1 Å². The lowest BCUT2D eigenvalue weighted by atomic mass is 10.0. The van der Waals surface area contributed by atoms with E-state index in [0.717, 1.165) is 11.3 Å². The van der Waals surface area contributed by atoms with Crippen molar-refractivity contribution in [3.63, 3.8) is 0 Å². The third-order valence-electron chi connectivity index (χ3n) is 5.48. The summed E-state index contributed by atoms with van der Waals surface area (Å²) in [5.41, 5.74) is 1.29. The van der Waals surface area contributed by atoms with Gasteiger partial charge in [-0.3, -0.25) is 9.69 Å². The summed E-state index contributed by atoms with van der Waals surface area (Å²) in [6.07, 6.45) is 0.255. The first-order valence-electron chi connectivity index (χ1n) is 10.9. The van der Waals surface area contributed by atoms with Crippen molar-refractivity contribution in [2.24, 2.45) is 5.92 Å². The van der Waals surface area contributed by atoms with E-state index in [1.807, 2.05) is 56.9 Å². The smallest absolute Gasteiger partial charge is 0.410 e. The van der Waals surface area contributed by atoms with Gasteiger partial charge in [0.05, 0.1) is 18.6 Å². The Balaban J connectivity index is 1.61. The maximum atomic E-state index is 12.9. The second-order valence-electron chi connectivity index (χ2n) is 9.19. The Kier molecular flexibility index (Phi) is 6.77. The highest BCUT2D eigenvalue weighted by molar-refractivity contribution is 5.95. The Morgan fingerprint density at radius 1 is 1.13 bits per heavy atom. The number of hydrogen-bond donors (Lipinski definition) is 0. The number of nitrogens with zero attached hydrogens (tertiary/aromatic N) is 3. The number of fused-ring (bicyclic) bond motifs is 1. The number of piperazine rings is 1. The van der Waals surface area contributed by atoms with E-state index in [-0.39, 0.29) is 30.1 Å². The van der Waals surface area contributed by atoms with E-state index in [1.54, 1.807) is 16.7 Å². The molecule has 0 radical (unpaired) electrons. The van der Waals surface area contributed by atoms with Crippen LogP contribution in [0.2, 0.25) is 0 Å². The van der Waals surface area contributed by atoms with E-state index in [0.29, 0.717) is 39.2 Å². The molecule has 3 amide bonds. The molecule has 2 heterocycles. The summed E-state index contributed by atoms with van der Waals surface area (Å²) in [6, 6.07) is 7.62. The molecule has 1 aromatic carbocycles. The van der Waals surface area contributed by atoms with E-state index in [2.05, 4.69) is 0 Å². The normalized spacial score (nSPS) is 19.8. The van der Waals surface area contributed by atoms with E-state index >= 15 is 0 Å². The third kappa shape index (κ3) is 5.48. The predicted molar refractivity (Wildman–Crippen MR) is 117 cm³/mol. The number of amides is 3. The van der Waals surface area contributed by atoms with Gasteiger partial charge in [0.1, 0.15) is 5.60 Å². The SMILES string of the molecule is CCOC(=O)C(C)Cc1ccc(N2CC3CN(C(=O)OC(C)(C)C)CCN3C2=O)cc1. The zero-order chi connectivity index (χ0) is 22.8. The lowest BCUT2D eigenvalue weighted by Crippen LogP contribution is -2.54. The van der Waals surface area contributed by atoms with Gasteiger partial charge in [0, 0.05) is 31.9 Å². The van der Waals surface area contributed by atoms with Crippen molar-refractivity contribution in [2.75, 3.05) is 37.7 Å². The van der Waals surface area contributed by atoms with Gasteiger partial charge in [-0.15, -0.1) is 0 Å². The highest BCUT2D eigenvalue weighted by Gasteiger charge is 2.42. The summed E-state index contributed by atoms with van der Waals surface area (Å²) < 4.78 is 10.5. The fraction of sp³-hybridized carbons (Fsp3) is 0.609. The van der Waals surface area contributed by atoms with Crippen LogP contribution in [0.15, 0.2) is 24.3 Å². The van der Waals surface area contributed by atoms with Crippen molar-refractivity contribution in [3.8, 4) is 0 Å². The van der Waals surface area contributed by atoms with Crippen molar-refractivity contribution >= 4 is 23.8 Å². The molecule has 1 aromatic rings. The quantitative estimate of drug-likeness (QED) is 0.669. The van der Waals surface area contributed by atoms with Crippen molar-refractivity contribution in [2.45, 2.75) is 52.7 Å². The summed E-state index contributed by atoms with van der Waals surface area (Å²) in [5, 5.41) is 0. The maximum Gasteiger partial charge on any atom is 0.410 e. The Morgan fingerprint density at radius 2 is 1.81 bits per heavy atom. The lowest BCUT2D eigenvalue weighted by Gasteiger charge is -2.36. The molecule has 0 saturated carbocycles. The van der Waals surface area contributed by atoms with Gasteiger partial charge in [-0.2, -0.15) is 0 Å². The van der Waals surface area contributed by atoms with Crippen LogP contribution < -0.4 is 4.90 Å². The molecule has 0 bridgehead atoms. The van der Waals surface area contributed by atoms with Crippen LogP contribution in [0, 0.1) is 5.92 Å². The molecule has 170 valence electrons. The lowest BCUT2D eigenvalue weighted by molar-refractivity contribution is -0.147. The number of hydrogen-bond acceptors (Lipinski definition) is 5. The monoisotopic (exact) mass is 431 g/mol. The van der Waals surface area contributed by atoms with Crippen molar-refractivity contribution in [1.82, 2.24) is 9.80 Å². The minimum absolute atomic E-state index is 0.0403. The molecule has 3 rings (SSSR count). The van der Waals surface area contributed by atoms with Crippen LogP contribution in [0.1, 0.15) is 40.2 Å². The Labute approximate surface area is 184 Å². The number of carbonyl (C=O) groups excluding carboxylic acids is 3. The zero-order valence-electron chi connectivity index (χ0n) is 19.1. The van der Waals surface area contributed by atoms with Crippen molar-refractivity contribution < 1.29 is 23.9 Å². The molecule has 2 aliphatic rings. The van der Waals surface area contributed by atoms with Crippen LogP contribution in [-0.4, -0.2) is 72.3 Å². The van der Waals surface area contributed by atoms with Gasteiger partial charge in [0.2, 0.25) is 0 Å². The van der Waals surface area contributed by atoms with Crippen LogP contribution in [-0.2, 0) is 20.7 Å². The molecule has 0 spiro atoms. The largest absolute Gasteiger partial charge is 0.466 e. The molecule has 2 atom stereocenters. The minimum Gasteiger partial charge on any atom is -0.466 e. The fourth-order valence-electron chi connectivity index (χ4n) is 3.95. The van der Waals surface area contributed by atoms with E-state index in [1.165, 1.54) is 0 Å².